The van der Waals surface area contributed by atoms with Gasteiger partial charge in [-0.1, -0.05) is 16.8 Å². The van der Waals surface area contributed by atoms with Crippen LogP contribution in [0.15, 0.2) is 48.8 Å². The number of amides is 1. The molecule has 1 aromatic carbocycles. The number of nitrogens with one attached hydrogen (secondary N) is 1. The molecule has 3 rings (SSSR count). The van der Waals surface area contributed by atoms with Crippen molar-refractivity contribution in [3.63, 3.8) is 0 Å². The Morgan fingerprint density at radius 1 is 1.30 bits per heavy atom. The maximum Gasteiger partial charge on any atom is 0.251 e. The molecule has 1 atom stereocenters. The lowest BCUT2D eigenvalue weighted by molar-refractivity contribution is 0.0918. The zero-order chi connectivity index (χ0) is 16.2. The second-order valence-corrected chi connectivity index (χ2v) is 6.51. The molecule has 0 radical (unpaired) electrons. The first kappa shape index (κ1) is 15.7. The van der Waals surface area contributed by atoms with Gasteiger partial charge in [0.15, 0.2) is 0 Å². The average molecular weight is 349 g/mol. The van der Waals surface area contributed by atoms with E-state index in [4.69, 9.17) is 11.6 Å². The fraction of sp³-hybridized carbons (Fsp3) is 0.133. The van der Waals surface area contributed by atoms with E-state index in [1.165, 1.54) is 11.3 Å². The van der Waals surface area contributed by atoms with E-state index in [0.29, 0.717) is 9.90 Å². The Balaban J connectivity index is 1.60. The smallest absolute Gasteiger partial charge is 0.251 e. The van der Waals surface area contributed by atoms with E-state index in [-0.39, 0.29) is 12.5 Å². The van der Waals surface area contributed by atoms with E-state index in [1.54, 1.807) is 53.5 Å². The van der Waals surface area contributed by atoms with Crippen LogP contribution in [0, 0.1) is 0 Å². The molecule has 118 valence electrons. The number of carbonyl (C=O) groups is 1. The number of rotatable bonds is 5. The van der Waals surface area contributed by atoms with Crippen LogP contribution in [-0.2, 0) is 0 Å². The van der Waals surface area contributed by atoms with Crippen LogP contribution in [0.2, 0.25) is 4.34 Å². The van der Waals surface area contributed by atoms with Crippen LogP contribution in [0.3, 0.4) is 0 Å². The summed E-state index contributed by atoms with van der Waals surface area (Å²) in [6.07, 6.45) is 2.53. The molecule has 1 amide bonds. The van der Waals surface area contributed by atoms with Gasteiger partial charge in [-0.2, -0.15) is 0 Å². The highest BCUT2D eigenvalue weighted by Crippen LogP contribution is 2.26. The molecule has 0 saturated carbocycles. The van der Waals surface area contributed by atoms with Crippen LogP contribution in [0.5, 0.6) is 0 Å². The van der Waals surface area contributed by atoms with Gasteiger partial charge in [-0.05, 0) is 36.4 Å². The molecular formula is C15H13ClN4O2S. The summed E-state index contributed by atoms with van der Waals surface area (Å²) in [5.41, 5.74) is 1.32. The van der Waals surface area contributed by atoms with E-state index in [0.717, 1.165) is 10.6 Å². The first-order chi connectivity index (χ1) is 11.1. The topological polar surface area (TPSA) is 80.0 Å². The second kappa shape index (κ2) is 6.91. The highest BCUT2D eigenvalue weighted by molar-refractivity contribution is 7.16. The first-order valence-electron chi connectivity index (χ1n) is 6.82. The summed E-state index contributed by atoms with van der Waals surface area (Å²) in [7, 11) is 0. The molecule has 3 aromatic rings. The Labute approximate surface area is 141 Å². The van der Waals surface area contributed by atoms with Crippen molar-refractivity contribution in [2.75, 3.05) is 6.54 Å². The van der Waals surface area contributed by atoms with Gasteiger partial charge in [0.05, 0.1) is 22.4 Å². The normalized spacial score (nSPS) is 12.1. The number of hydrogen-bond acceptors (Lipinski definition) is 5. The van der Waals surface area contributed by atoms with Gasteiger partial charge in [-0.25, -0.2) is 4.68 Å². The standard InChI is InChI=1S/C15H13ClN4O2S/c16-14-6-5-13(23-14)12(21)9-17-15(22)10-1-3-11(4-2-10)20-8-7-18-19-20/h1-8,12,21H,9H2,(H,17,22). The van der Waals surface area contributed by atoms with Crippen molar-refractivity contribution in [1.29, 1.82) is 0 Å². The zero-order valence-corrected chi connectivity index (χ0v) is 13.5. The van der Waals surface area contributed by atoms with Gasteiger partial charge in [0.1, 0.15) is 6.10 Å². The van der Waals surface area contributed by atoms with Gasteiger partial charge in [0.25, 0.3) is 5.91 Å². The fourth-order valence-corrected chi connectivity index (χ4v) is 3.06. The third-order valence-electron chi connectivity index (χ3n) is 3.19. The van der Waals surface area contributed by atoms with E-state index in [1.807, 2.05) is 0 Å². The van der Waals surface area contributed by atoms with Crippen LogP contribution in [0.1, 0.15) is 21.3 Å². The Bertz CT molecular complexity index is 786. The predicted molar refractivity (Wildman–Crippen MR) is 88.0 cm³/mol. The Hall–Kier alpha value is -2.22. The van der Waals surface area contributed by atoms with Crippen molar-refractivity contribution in [3.8, 4) is 5.69 Å². The lowest BCUT2D eigenvalue weighted by Gasteiger charge is -2.10. The van der Waals surface area contributed by atoms with Crippen molar-refractivity contribution in [2.45, 2.75) is 6.10 Å². The monoisotopic (exact) mass is 348 g/mol. The van der Waals surface area contributed by atoms with Crippen molar-refractivity contribution in [2.24, 2.45) is 0 Å². The summed E-state index contributed by atoms with van der Waals surface area (Å²) in [6.45, 7) is 0.125. The minimum Gasteiger partial charge on any atom is -0.386 e. The number of thiophene rings is 1. The van der Waals surface area contributed by atoms with Gasteiger partial charge in [-0.3, -0.25) is 4.79 Å². The van der Waals surface area contributed by atoms with E-state index < -0.39 is 6.10 Å². The quantitative estimate of drug-likeness (QED) is 0.742. The molecule has 1 unspecified atom stereocenters. The maximum absolute atomic E-state index is 12.1. The van der Waals surface area contributed by atoms with Gasteiger partial charge in [0, 0.05) is 17.0 Å². The van der Waals surface area contributed by atoms with E-state index >= 15 is 0 Å². The van der Waals surface area contributed by atoms with Crippen molar-refractivity contribution < 1.29 is 9.90 Å². The Kier molecular flexibility index (Phi) is 4.71. The maximum atomic E-state index is 12.1. The number of halogens is 1. The zero-order valence-electron chi connectivity index (χ0n) is 11.9. The van der Waals surface area contributed by atoms with Crippen LogP contribution < -0.4 is 5.32 Å². The molecule has 0 aliphatic heterocycles. The number of nitrogens with zero attached hydrogens (tertiary/aromatic N) is 3. The molecule has 2 heterocycles. The molecule has 2 N–H and O–H groups in total. The minimum atomic E-state index is -0.772. The lowest BCUT2D eigenvalue weighted by Crippen LogP contribution is -2.28. The van der Waals surface area contributed by atoms with Gasteiger partial charge in [-0.15, -0.1) is 16.4 Å². The molecule has 23 heavy (non-hydrogen) atoms. The molecule has 0 aliphatic carbocycles. The van der Waals surface area contributed by atoms with Crippen molar-refractivity contribution in [1.82, 2.24) is 20.3 Å². The highest BCUT2D eigenvalue weighted by Gasteiger charge is 2.13. The Morgan fingerprint density at radius 2 is 2.09 bits per heavy atom. The predicted octanol–water partition coefficient (Wildman–Crippen LogP) is 2.45. The molecule has 8 heteroatoms. The third kappa shape index (κ3) is 3.76. The number of aromatic nitrogens is 3. The first-order valence-corrected chi connectivity index (χ1v) is 8.01. The molecule has 0 saturated heterocycles. The summed E-state index contributed by atoms with van der Waals surface area (Å²) >= 11 is 7.12. The van der Waals surface area contributed by atoms with Crippen LogP contribution in [0.4, 0.5) is 0 Å². The summed E-state index contributed by atoms with van der Waals surface area (Å²) in [6, 6.07) is 10.4. The minimum absolute atomic E-state index is 0.125. The molecule has 0 spiro atoms. The van der Waals surface area contributed by atoms with E-state index in [2.05, 4.69) is 15.6 Å². The number of benzene rings is 1. The molecule has 0 aliphatic rings. The van der Waals surface area contributed by atoms with Gasteiger partial charge < -0.3 is 10.4 Å². The number of aliphatic hydroxyl groups excluding tert-OH is 1. The number of aliphatic hydroxyl groups is 1. The van der Waals surface area contributed by atoms with Gasteiger partial charge >= 0.3 is 0 Å². The molecule has 0 bridgehead atoms. The SMILES string of the molecule is O=C(NCC(O)c1ccc(Cl)s1)c1ccc(-n2ccnn2)cc1. The molecule has 6 nitrogen and oxygen atoms in total. The summed E-state index contributed by atoms with van der Waals surface area (Å²) in [5, 5.41) is 20.3. The highest BCUT2D eigenvalue weighted by atomic mass is 35.5. The molecule has 0 fully saturated rings. The second-order valence-electron chi connectivity index (χ2n) is 4.76. The van der Waals surface area contributed by atoms with Crippen molar-refractivity contribution in [3.05, 3.63) is 63.6 Å². The lowest BCUT2D eigenvalue weighted by atomic mass is 10.2. The van der Waals surface area contributed by atoms with Crippen LogP contribution in [-0.4, -0.2) is 32.6 Å². The van der Waals surface area contributed by atoms with Gasteiger partial charge in [0.2, 0.25) is 0 Å². The average Bonchev–Trinajstić information content (AvgIpc) is 3.24. The number of carbonyl (C=O) groups excluding carboxylic acids is 1. The van der Waals surface area contributed by atoms with Crippen molar-refractivity contribution >= 4 is 28.8 Å². The number of hydrogen-bond donors (Lipinski definition) is 2. The largest absolute Gasteiger partial charge is 0.386 e. The van der Waals surface area contributed by atoms with E-state index in [9.17, 15) is 9.90 Å². The summed E-state index contributed by atoms with van der Waals surface area (Å²) < 4.78 is 2.21. The van der Waals surface area contributed by atoms with Crippen LogP contribution in [0.25, 0.3) is 5.69 Å². The van der Waals surface area contributed by atoms with Crippen LogP contribution >= 0.6 is 22.9 Å². The molecule has 2 aromatic heterocycles. The molecular weight excluding hydrogens is 336 g/mol. The fourth-order valence-electron chi connectivity index (χ4n) is 2.01. The Morgan fingerprint density at radius 3 is 2.70 bits per heavy atom. The third-order valence-corrected chi connectivity index (χ3v) is 4.53. The summed E-state index contributed by atoms with van der Waals surface area (Å²) in [5.74, 6) is -0.253. The summed E-state index contributed by atoms with van der Waals surface area (Å²) in [4.78, 5) is 12.8.